The van der Waals surface area contributed by atoms with Gasteiger partial charge in [-0.3, -0.25) is 9.59 Å². The first kappa shape index (κ1) is 21.3. The first-order chi connectivity index (χ1) is 14.6. The van der Waals surface area contributed by atoms with Gasteiger partial charge in [0.15, 0.2) is 0 Å². The maximum atomic E-state index is 13.2. The molecule has 0 atom stereocenters. The van der Waals surface area contributed by atoms with Crippen LogP contribution in [0.3, 0.4) is 0 Å². The second-order valence-electron chi connectivity index (χ2n) is 6.90. The van der Waals surface area contributed by atoms with E-state index in [-0.39, 0.29) is 18.4 Å². The third-order valence-electron chi connectivity index (χ3n) is 4.59. The van der Waals surface area contributed by atoms with E-state index >= 15 is 0 Å². The summed E-state index contributed by atoms with van der Waals surface area (Å²) in [6.07, 6.45) is 2.44. The number of likely N-dealkylation sites (N-methyl/N-ethyl adjacent to an activating group) is 1. The maximum Gasteiger partial charge on any atom is 0.257 e. The molecule has 0 radical (unpaired) electrons. The van der Waals surface area contributed by atoms with Crippen molar-refractivity contribution in [3.8, 4) is 16.9 Å². The molecular formula is C23H26N4O3. The highest BCUT2D eigenvalue weighted by Gasteiger charge is 2.22. The van der Waals surface area contributed by atoms with E-state index in [0.717, 1.165) is 17.7 Å². The molecule has 0 aliphatic rings. The average molecular weight is 406 g/mol. The van der Waals surface area contributed by atoms with Gasteiger partial charge in [0.25, 0.3) is 5.91 Å². The quantitative estimate of drug-likeness (QED) is 0.555. The number of hydrogen-bond donors (Lipinski definition) is 1. The summed E-state index contributed by atoms with van der Waals surface area (Å²) in [6.45, 7) is 1.06. The van der Waals surface area contributed by atoms with E-state index in [9.17, 15) is 9.59 Å². The number of carbonyl (C=O) groups excluding carboxylic acids is 2. The van der Waals surface area contributed by atoms with Crippen LogP contribution >= 0.6 is 0 Å². The van der Waals surface area contributed by atoms with Gasteiger partial charge in [-0.1, -0.05) is 48.5 Å². The van der Waals surface area contributed by atoms with Gasteiger partial charge < -0.3 is 15.0 Å². The molecule has 3 aromatic rings. The lowest BCUT2D eigenvalue weighted by atomic mass is 10.1. The van der Waals surface area contributed by atoms with Gasteiger partial charge in [0, 0.05) is 39.1 Å². The van der Waals surface area contributed by atoms with Crippen LogP contribution in [-0.4, -0.2) is 60.3 Å². The maximum absolute atomic E-state index is 13.2. The van der Waals surface area contributed by atoms with Gasteiger partial charge in [-0.2, -0.15) is 5.10 Å². The van der Waals surface area contributed by atoms with Crippen LogP contribution in [-0.2, 0) is 9.53 Å². The highest BCUT2D eigenvalue weighted by atomic mass is 16.5. The number of nitrogens with one attached hydrogen (secondary N) is 1. The van der Waals surface area contributed by atoms with Crippen LogP contribution in [0.15, 0.2) is 66.9 Å². The van der Waals surface area contributed by atoms with E-state index in [2.05, 4.69) is 10.4 Å². The van der Waals surface area contributed by atoms with Gasteiger partial charge in [0.05, 0.1) is 17.8 Å². The molecule has 7 heteroatoms. The third kappa shape index (κ3) is 5.33. The van der Waals surface area contributed by atoms with E-state index < -0.39 is 0 Å². The van der Waals surface area contributed by atoms with Gasteiger partial charge in [-0.05, 0) is 18.6 Å². The highest BCUT2D eigenvalue weighted by Crippen LogP contribution is 2.24. The molecule has 0 saturated carbocycles. The number of para-hydroxylation sites is 1. The number of aromatic nitrogens is 2. The Morgan fingerprint density at radius 2 is 1.73 bits per heavy atom. The predicted octanol–water partition coefficient (Wildman–Crippen LogP) is 2.76. The molecule has 0 fully saturated rings. The van der Waals surface area contributed by atoms with Crippen LogP contribution in [0.2, 0.25) is 0 Å². The number of methoxy groups -OCH3 is 1. The molecule has 0 aliphatic carbocycles. The van der Waals surface area contributed by atoms with Crippen molar-refractivity contribution in [1.82, 2.24) is 20.0 Å². The molecule has 0 spiro atoms. The minimum absolute atomic E-state index is 0.0312. The SMILES string of the molecule is COCCCNC(=O)CN(C)C(=O)c1cn(-c2ccccc2)nc1-c1ccccc1. The van der Waals surface area contributed by atoms with E-state index in [1.165, 1.54) is 4.90 Å². The summed E-state index contributed by atoms with van der Waals surface area (Å²) in [6, 6.07) is 19.2. The fourth-order valence-electron chi connectivity index (χ4n) is 3.05. The lowest BCUT2D eigenvalue weighted by molar-refractivity contribution is -0.121. The average Bonchev–Trinajstić information content (AvgIpc) is 3.23. The van der Waals surface area contributed by atoms with Crippen LogP contribution in [0.25, 0.3) is 16.9 Å². The van der Waals surface area contributed by atoms with Crippen LogP contribution in [0.5, 0.6) is 0 Å². The number of ether oxygens (including phenoxy) is 1. The number of carbonyl (C=O) groups is 2. The molecule has 2 aromatic carbocycles. The second-order valence-corrected chi connectivity index (χ2v) is 6.90. The van der Waals surface area contributed by atoms with Gasteiger partial charge in [-0.25, -0.2) is 4.68 Å². The van der Waals surface area contributed by atoms with Crippen LogP contribution in [0, 0.1) is 0 Å². The minimum atomic E-state index is -0.261. The van der Waals surface area contributed by atoms with Crippen LogP contribution < -0.4 is 5.32 Å². The van der Waals surface area contributed by atoms with E-state index in [4.69, 9.17) is 4.74 Å². The molecule has 0 saturated heterocycles. The molecule has 0 aliphatic heterocycles. The van der Waals surface area contributed by atoms with E-state index in [1.54, 1.807) is 25.0 Å². The van der Waals surface area contributed by atoms with E-state index in [1.807, 2.05) is 60.7 Å². The molecule has 0 bridgehead atoms. The highest BCUT2D eigenvalue weighted by molar-refractivity contribution is 6.01. The lowest BCUT2D eigenvalue weighted by Crippen LogP contribution is -2.38. The summed E-state index contributed by atoms with van der Waals surface area (Å²) in [5, 5.41) is 7.46. The Labute approximate surface area is 176 Å². The smallest absolute Gasteiger partial charge is 0.257 e. The molecule has 3 rings (SSSR count). The Hall–Kier alpha value is -3.45. The minimum Gasteiger partial charge on any atom is -0.385 e. The first-order valence-corrected chi connectivity index (χ1v) is 9.81. The zero-order valence-electron chi connectivity index (χ0n) is 17.2. The van der Waals surface area contributed by atoms with Gasteiger partial charge in [0.1, 0.15) is 5.69 Å². The van der Waals surface area contributed by atoms with Crippen molar-refractivity contribution >= 4 is 11.8 Å². The fraction of sp³-hybridized carbons (Fsp3) is 0.261. The Balaban J connectivity index is 1.82. The third-order valence-corrected chi connectivity index (χ3v) is 4.59. The van der Waals surface area contributed by atoms with Crippen LogP contribution in [0.1, 0.15) is 16.8 Å². The molecule has 1 aromatic heterocycles. The normalized spacial score (nSPS) is 10.6. The summed E-state index contributed by atoms with van der Waals surface area (Å²) < 4.78 is 6.66. The molecule has 156 valence electrons. The summed E-state index contributed by atoms with van der Waals surface area (Å²) >= 11 is 0. The van der Waals surface area contributed by atoms with Gasteiger partial charge in [0.2, 0.25) is 5.91 Å². The van der Waals surface area contributed by atoms with Crippen molar-refractivity contribution < 1.29 is 14.3 Å². The zero-order valence-corrected chi connectivity index (χ0v) is 17.2. The fourth-order valence-corrected chi connectivity index (χ4v) is 3.05. The van der Waals surface area contributed by atoms with Crippen molar-refractivity contribution in [3.63, 3.8) is 0 Å². The molecule has 30 heavy (non-hydrogen) atoms. The number of rotatable bonds is 9. The summed E-state index contributed by atoms with van der Waals surface area (Å²) in [7, 11) is 3.24. The second kappa shape index (κ2) is 10.4. The number of hydrogen-bond acceptors (Lipinski definition) is 4. The Morgan fingerprint density at radius 3 is 2.40 bits per heavy atom. The van der Waals surface area contributed by atoms with Gasteiger partial charge in [-0.15, -0.1) is 0 Å². The summed E-state index contributed by atoms with van der Waals surface area (Å²) in [4.78, 5) is 26.7. The molecular weight excluding hydrogens is 380 g/mol. The molecule has 2 amide bonds. The summed E-state index contributed by atoms with van der Waals surface area (Å²) in [5.74, 6) is -0.471. The molecule has 7 nitrogen and oxygen atoms in total. The molecule has 0 unspecified atom stereocenters. The number of amides is 2. The van der Waals surface area contributed by atoms with Crippen molar-refractivity contribution in [2.75, 3.05) is 33.9 Å². The summed E-state index contributed by atoms with van der Waals surface area (Å²) in [5.41, 5.74) is 2.72. The van der Waals surface area contributed by atoms with Crippen molar-refractivity contribution in [1.29, 1.82) is 0 Å². The van der Waals surface area contributed by atoms with Crippen LogP contribution in [0.4, 0.5) is 0 Å². The Morgan fingerprint density at radius 1 is 1.07 bits per heavy atom. The van der Waals surface area contributed by atoms with Crippen molar-refractivity contribution in [2.45, 2.75) is 6.42 Å². The van der Waals surface area contributed by atoms with E-state index in [0.29, 0.717) is 24.4 Å². The van der Waals surface area contributed by atoms with Crippen molar-refractivity contribution in [2.24, 2.45) is 0 Å². The molecule has 1 N–H and O–H groups in total. The van der Waals surface area contributed by atoms with Gasteiger partial charge >= 0.3 is 0 Å². The number of nitrogens with zero attached hydrogens (tertiary/aromatic N) is 3. The number of benzene rings is 2. The first-order valence-electron chi connectivity index (χ1n) is 9.81. The van der Waals surface area contributed by atoms with Crippen molar-refractivity contribution in [3.05, 3.63) is 72.4 Å². The standard InChI is InChI=1S/C23H26N4O3/c1-26(17-21(28)24-14-9-15-30-2)23(29)20-16-27(19-12-7-4-8-13-19)25-22(20)18-10-5-3-6-11-18/h3-8,10-13,16H,9,14-15,17H2,1-2H3,(H,24,28). The molecule has 1 heterocycles. The Bertz CT molecular complexity index is 971. The Kier molecular flexibility index (Phi) is 7.34. The predicted molar refractivity (Wildman–Crippen MR) is 115 cm³/mol. The monoisotopic (exact) mass is 406 g/mol. The topological polar surface area (TPSA) is 76.5 Å². The zero-order chi connectivity index (χ0) is 21.3. The largest absolute Gasteiger partial charge is 0.385 e. The lowest BCUT2D eigenvalue weighted by Gasteiger charge is -2.16.